The summed E-state index contributed by atoms with van der Waals surface area (Å²) in [7, 11) is 0. The number of carbonyl (C=O) groups excluding carboxylic acids is 1. The molecule has 0 saturated carbocycles. The number of carbonyl (C=O) groups is 1. The monoisotopic (exact) mass is 478 g/mol. The van der Waals surface area contributed by atoms with E-state index in [0.29, 0.717) is 29.2 Å². The van der Waals surface area contributed by atoms with Crippen LogP contribution in [0.15, 0.2) is 46.9 Å². The zero-order chi connectivity index (χ0) is 25.0. The molecule has 3 rings (SSSR count). The molecule has 0 saturated heterocycles. The first-order valence-electron chi connectivity index (χ1n) is 13.4. The van der Waals surface area contributed by atoms with Gasteiger partial charge in [0.05, 0.1) is 6.61 Å². The Balaban J connectivity index is 1.76. The lowest BCUT2D eigenvalue weighted by Gasteiger charge is -2.22. The Bertz CT molecular complexity index is 1030. The Hall–Kier alpha value is -2.79. The Morgan fingerprint density at radius 1 is 0.914 bits per heavy atom. The highest BCUT2D eigenvalue weighted by Gasteiger charge is 2.21. The molecular weight excluding hydrogens is 436 g/mol. The van der Waals surface area contributed by atoms with Crippen molar-refractivity contribution < 1.29 is 13.9 Å². The zero-order valence-corrected chi connectivity index (χ0v) is 21.8. The number of fused-ring (bicyclic) bond motifs is 1. The summed E-state index contributed by atoms with van der Waals surface area (Å²) in [5, 5.41) is 0.919. The van der Waals surface area contributed by atoms with E-state index in [0.717, 1.165) is 62.0 Å². The van der Waals surface area contributed by atoms with Gasteiger partial charge in [-0.3, -0.25) is 4.79 Å². The third-order valence-electron chi connectivity index (χ3n) is 6.44. The number of furan rings is 1. The van der Waals surface area contributed by atoms with Crippen LogP contribution >= 0.6 is 0 Å². The van der Waals surface area contributed by atoms with E-state index in [9.17, 15) is 4.79 Å². The van der Waals surface area contributed by atoms with Crippen LogP contribution in [0.25, 0.3) is 11.0 Å². The molecule has 0 aliphatic carbocycles. The minimum Gasteiger partial charge on any atom is -0.493 e. The lowest BCUT2D eigenvalue weighted by Crippen LogP contribution is -2.28. The number of hydrogen-bond acceptors (Lipinski definition) is 5. The van der Waals surface area contributed by atoms with Gasteiger partial charge in [0.25, 0.3) is 0 Å². The van der Waals surface area contributed by atoms with Crippen molar-refractivity contribution in [2.75, 3.05) is 32.0 Å². The molecule has 1 aromatic heterocycles. The highest BCUT2D eigenvalue weighted by Crippen LogP contribution is 2.31. The average Bonchev–Trinajstić information content (AvgIpc) is 3.30. The van der Waals surface area contributed by atoms with Crippen molar-refractivity contribution in [3.8, 4) is 5.75 Å². The van der Waals surface area contributed by atoms with E-state index >= 15 is 0 Å². The van der Waals surface area contributed by atoms with Crippen molar-refractivity contribution in [3.63, 3.8) is 0 Å². The summed E-state index contributed by atoms with van der Waals surface area (Å²) in [6.07, 6.45) is 8.61. The number of anilines is 1. The van der Waals surface area contributed by atoms with Gasteiger partial charge in [0.2, 0.25) is 5.78 Å². The second-order valence-corrected chi connectivity index (χ2v) is 9.38. The number of rotatable bonds is 16. The fraction of sp³-hybridized carbons (Fsp3) is 0.500. The fourth-order valence-corrected chi connectivity index (χ4v) is 4.41. The van der Waals surface area contributed by atoms with Gasteiger partial charge in [-0.05, 0) is 63.4 Å². The number of para-hydroxylation sites is 1. The molecule has 5 nitrogen and oxygen atoms in total. The van der Waals surface area contributed by atoms with Gasteiger partial charge >= 0.3 is 0 Å². The molecular formula is C30H42N2O3. The first-order chi connectivity index (χ1) is 17.1. The maximum Gasteiger partial charge on any atom is 0.228 e. The van der Waals surface area contributed by atoms with Crippen molar-refractivity contribution in [1.82, 2.24) is 4.90 Å². The fourth-order valence-electron chi connectivity index (χ4n) is 4.41. The molecule has 0 unspecified atom stereocenters. The molecule has 2 N–H and O–H groups in total. The highest BCUT2D eigenvalue weighted by molar-refractivity contribution is 6.10. The zero-order valence-electron chi connectivity index (χ0n) is 21.8. The van der Waals surface area contributed by atoms with Gasteiger partial charge in [0.15, 0.2) is 5.76 Å². The van der Waals surface area contributed by atoms with E-state index < -0.39 is 0 Å². The summed E-state index contributed by atoms with van der Waals surface area (Å²) >= 11 is 0. The van der Waals surface area contributed by atoms with Gasteiger partial charge in [0.1, 0.15) is 11.3 Å². The van der Waals surface area contributed by atoms with E-state index in [1.807, 2.05) is 36.4 Å². The standard InChI is InChI=1S/C30H42N2O3/c1-4-7-14-25-26(30(33)29-20-23-13-10-11-15-27(23)35-29)21-24(31)22-28(25)34-19-12-18-32(16-8-5-2)17-9-6-3/h10-11,13,15,20-22H,4-9,12,14,16-19,31H2,1-3H3. The van der Waals surface area contributed by atoms with Crippen LogP contribution in [0.5, 0.6) is 5.75 Å². The van der Waals surface area contributed by atoms with Crippen LogP contribution in [0.1, 0.15) is 87.4 Å². The number of ketones is 1. The smallest absolute Gasteiger partial charge is 0.228 e. The third-order valence-corrected chi connectivity index (χ3v) is 6.44. The number of hydrogen-bond donors (Lipinski definition) is 1. The first kappa shape index (κ1) is 26.8. The number of unbranched alkanes of at least 4 members (excludes halogenated alkanes) is 3. The molecule has 3 aromatic rings. The highest BCUT2D eigenvalue weighted by atomic mass is 16.5. The number of nitrogens with two attached hydrogens (primary N) is 1. The second-order valence-electron chi connectivity index (χ2n) is 9.38. The Kier molecular flexibility index (Phi) is 10.7. The minimum absolute atomic E-state index is 0.144. The first-order valence-corrected chi connectivity index (χ1v) is 13.4. The predicted molar refractivity (Wildman–Crippen MR) is 145 cm³/mol. The molecule has 190 valence electrons. The van der Waals surface area contributed by atoms with E-state index in [-0.39, 0.29) is 5.78 Å². The molecule has 0 radical (unpaired) electrons. The van der Waals surface area contributed by atoms with Crippen LogP contribution in [-0.2, 0) is 6.42 Å². The quantitative estimate of drug-likeness (QED) is 0.133. The summed E-state index contributed by atoms with van der Waals surface area (Å²) in [4.78, 5) is 16.1. The lowest BCUT2D eigenvalue weighted by molar-refractivity contribution is 0.101. The molecule has 0 aliphatic rings. The van der Waals surface area contributed by atoms with Crippen molar-refractivity contribution in [1.29, 1.82) is 0 Å². The van der Waals surface area contributed by atoms with Crippen LogP contribution in [0.2, 0.25) is 0 Å². The van der Waals surface area contributed by atoms with Gasteiger partial charge in [-0.1, -0.05) is 58.2 Å². The summed E-state index contributed by atoms with van der Waals surface area (Å²) < 4.78 is 12.1. The molecule has 2 aromatic carbocycles. The van der Waals surface area contributed by atoms with Crippen molar-refractivity contribution in [2.45, 2.75) is 72.1 Å². The molecule has 35 heavy (non-hydrogen) atoms. The average molecular weight is 479 g/mol. The molecule has 0 spiro atoms. The van der Waals surface area contributed by atoms with Crippen LogP contribution in [0.4, 0.5) is 5.69 Å². The van der Waals surface area contributed by atoms with Crippen LogP contribution in [-0.4, -0.2) is 36.9 Å². The normalized spacial score (nSPS) is 11.4. The van der Waals surface area contributed by atoms with Gasteiger partial charge in [0, 0.05) is 34.8 Å². The van der Waals surface area contributed by atoms with Gasteiger partial charge < -0.3 is 19.8 Å². The minimum atomic E-state index is -0.144. The van der Waals surface area contributed by atoms with Crippen LogP contribution in [0, 0.1) is 0 Å². The Labute approximate surface area is 210 Å². The molecule has 0 atom stereocenters. The summed E-state index contributed by atoms with van der Waals surface area (Å²) in [5.74, 6) is 0.921. The molecule has 5 heteroatoms. The van der Waals surface area contributed by atoms with Crippen LogP contribution < -0.4 is 10.5 Å². The summed E-state index contributed by atoms with van der Waals surface area (Å²) in [5.41, 5.74) is 9.00. The molecule has 0 fully saturated rings. The van der Waals surface area contributed by atoms with Gasteiger partial charge in [-0.2, -0.15) is 0 Å². The molecule has 0 aliphatic heterocycles. The van der Waals surface area contributed by atoms with E-state index in [4.69, 9.17) is 14.9 Å². The maximum absolute atomic E-state index is 13.5. The topological polar surface area (TPSA) is 68.7 Å². The van der Waals surface area contributed by atoms with Crippen LogP contribution in [0.3, 0.4) is 0 Å². The predicted octanol–water partition coefficient (Wildman–Crippen LogP) is 7.26. The Morgan fingerprint density at radius 2 is 1.60 bits per heavy atom. The number of benzene rings is 2. The maximum atomic E-state index is 13.5. The van der Waals surface area contributed by atoms with Crippen molar-refractivity contribution in [3.05, 3.63) is 59.4 Å². The van der Waals surface area contributed by atoms with Crippen molar-refractivity contribution in [2.24, 2.45) is 0 Å². The number of nitrogen functional groups attached to an aromatic ring is 1. The SMILES string of the molecule is CCCCc1c(OCCCN(CCCC)CCCC)cc(N)cc1C(=O)c1cc2ccccc2o1. The second kappa shape index (κ2) is 13.9. The molecule has 0 bridgehead atoms. The summed E-state index contributed by atoms with van der Waals surface area (Å²) in [6.45, 7) is 10.6. The molecule has 0 amide bonds. The Morgan fingerprint density at radius 3 is 2.29 bits per heavy atom. The van der Waals surface area contributed by atoms with E-state index in [1.54, 1.807) is 6.07 Å². The lowest BCUT2D eigenvalue weighted by atomic mass is 9.96. The van der Waals surface area contributed by atoms with E-state index in [1.165, 1.54) is 25.7 Å². The third kappa shape index (κ3) is 7.60. The van der Waals surface area contributed by atoms with Crippen molar-refractivity contribution >= 4 is 22.4 Å². The molecule has 1 heterocycles. The number of ether oxygens (including phenoxy) is 1. The number of nitrogens with zero attached hydrogens (tertiary/aromatic N) is 1. The van der Waals surface area contributed by atoms with E-state index in [2.05, 4.69) is 25.7 Å². The van der Waals surface area contributed by atoms with Gasteiger partial charge in [-0.15, -0.1) is 0 Å². The van der Waals surface area contributed by atoms with Gasteiger partial charge in [-0.25, -0.2) is 0 Å². The largest absolute Gasteiger partial charge is 0.493 e. The summed E-state index contributed by atoms with van der Waals surface area (Å²) in [6, 6.07) is 13.1.